The topological polar surface area (TPSA) is 45.8 Å². The van der Waals surface area contributed by atoms with Crippen LogP contribution in [0.15, 0.2) is 12.4 Å². The van der Waals surface area contributed by atoms with Gasteiger partial charge in [-0.2, -0.15) is 0 Å². The first-order chi connectivity index (χ1) is 5.29. The molecule has 1 heterocycles. The first kappa shape index (κ1) is 7.98. The van der Waals surface area contributed by atoms with Crippen molar-refractivity contribution in [1.82, 2.24) is 9.97 Å². The number of rotatable bonds is 4. The van der Waals surface area contributed by atoms with Crippen LogP contribution >= 0.6 is 0 Å². The van der Waals surface area contributed by atoms with Gasteiger partial charge in [-0.1, -0.05) is 0 Å². The fraction of sp³-hybridized carbons (Fsp3) is 0.500. The van der Waals surface area contributed by atoms with Crippen LogP contribution in [0, 0.1) is 0 Å². The number of nitrogens with one attached hydrogen (secondary N) is 1. The Morgan fingerprint density at radius 1 is 1.73 bits per heavy atom. The number of nitrogens with zero attached hydrogens (tertiary/aromatic N) is 1. The summed E-state index contributed by atoms with van der Waals surface area (Å²) in [5.74, 6) is 1.21. The molecule has 0 saturated carbocycles. The minimum Gasteiger partial charge on any atom is -0.349 e. The number of aryl methyl sites for hydroxylation is 1. The third kappa shape index (κ3) is 2.98. The third-order valence-electron chi connectivity index (χ3n) is 1.50. The Hall–Kier alpha value is -1.12. The summed E-state index contributed by atoms with van der Waals surface area (Å²) < 4.78 is 0. The molecule has 1 N–H and O–H groups in total. The lowest BCUT2D eigenvalue weighted by Gasteiger charge is -1.93. The van der Waals surface area contributed by atoms with Crippen LogP contribution in [0.1, 0.15) is 25.6 Å². The SMILES string of the molecule is CC(=O)CCCc1ncc[nH]1. The molecule has 0 atom stereocenters. The van der Waals surface area contributed by atoms with Gasteiger partial charge in [0.2, 0.25) is 0 Å². The molecule has 0 aromatic carbocycles. The maximum atomic E-state index is 10.5. The van der Waals surface area contributed by atoms with Gasteiger partial charge in [0, 0.05) is 25.2 Å². The zero-order chi connectivity index (χ0) is 8.10. The number of ketones is 1. The van der Waals surface area contributed by atoms with E-state index in [9.17, 15) is 4.79 Å². The average molecular weight is 152 g/mol. The summed E-state index contributed by atoms with van der Waals surface area (Å²) in [7, 11) is 0. The van der Waals surface area contributed by atoms with Crippen LogP contribution in [0.5, 0.6) is 0 Å². The molecule has 60 valence electrons. The molecule has 0 aliphatic rings. The maximum Gasteiger partial charge on any atom is 0.129 e. The highest BCUT2D eigenvalue weighted by atomic mass is 16.1. The Bertz CT molecular complexity index is 216. The second-order valence-corrected chi connectivity index (χ2v) is 2.59. The van der Waals surface area contributed by atoms with Crippen LogP contribution in [-0.4, -0.2) is 15.8 Å². The van der Waals surface area contributed by atoms with Crippen molar-refractivity contribution in [3.8, 4) is 0 Å². The number of imidazole rings is 1. The molecule has 0 radical (unpaired) electrons. The van der Waals surface area contributed by atoms with Crippen molar-refractivity contribution in [2.45, 2.75) is 26.2 Å². The molecule has 0 unspecified atom stereocenters. The Morgan fingerprint density at radius 2 is 2.55 bits per heavy atom. The van der Waals surface area contributed by atoms with E-state index in [1.54, 1.807) is 19.3 Å². The van der Waals surface area contributed by atoms with Crippen molar-refractivity contribution < 1.29 is 4.79 Å². The monoisotopic (exact) mass is 152 g/mol. The first-order valence-electron chi connectivity index (χ1n) is 3.77. The zero-order valence-corrected chi connectivity index (χ0v) is 6.63. The van der Waals surface area contributed by atoms with Crippen molar-refractivity contribution in [1.29, 1.82) is 0 Å². The van der Waals surface area contributed by atoms with E-state index in [0.717, 1.165) is 18.7 Å². The summed E-state index contributed by atoms with van der Waals surface area (Å²) in [6.07, 6.45) is 5.93. The maximum absolute atomic E-state index is 10.5. The van der Waals surface area contributed by atoms with Gasteiger partial charge in [0.05, 0.1) is 0 Å². The highest BCUT2D eigenvalue weighted by Gasteiger charge is 1.96. The Labute approximate surface area is 65.8 Å². The summed E-state index contributed by atoms with van der Waals surface area (Å²) in [4.78, 5) is 17.6. The molecule has 1 rings (SSSR count). The Kier molecular flexibility index (Phi) is 2.83. The van der Waals surface area contributed by atoms with Crippen LogP contribution < -0.4 is 0 Å². The van der Waals surface area contributed by atoms with Crippen LogP contribution in [-0.2, 0) is 11.2 Å². The number of carbonyl (C=O) groups is 1. The van der Waals surface area contributed by atoms with Crippen LogP contribution in [0.2, 0.25) is 0 Å². The Balaban J connectivity index is 2.19. The van der Waals surface area contributed by atoms with Crippen LogP contribution in [0.3, 0.4) is 0 Å². The zero-order valence-electron chi connectivity index (χ0n) is 6.63. The predicted octanol–water partition coefficient (Wildman–Crippen LogP) is 1.32. The molecule has 0 fully saturated rings. The molecule has 1 aromatic rings. The van der Waals surface area contributed by atoms with Crippen molar-refractivity contribution >= 4 is 5.78 Å². The molecule has 0 spiro atoms. The van der Waals surface area contributed by atoms with E-state index < -0.39 is 0 Å². The first-order valence-corrected chi connectivity index (χ1v) is 3.77. The summed E-state index contributed by atoms with van der Waals surface area (Å²) >= 11 is 0. The van der Waals surface area contributed by atoms with Gasteiger partial charge in [-0.25, -0.2) is 4.98 Å². The van der Waals surface area contributed by atoms with Gasteiger partial charge < -0.3 is 9.78 Å². The summed E-state index contributed by atoms with van der Waals surface area (Å²) in [6, 6.07) is 0. The number of hydrogen-bond acceptors (Lipinski definition) is 2. The van der Waals surface area contributed by atoms with Gasteiger partial charge in [-0.3, -0.25) is 0 Å². The van der Waals surface area contributed by atoms with Gasteiger partial charge in [-0.05, 0) is 13.3 Å². The number of carbonyl (C=O) groups excluding carboxylic acids is 1. The van der Waals surface area contributed by atoms with Crippen LogP contribution in [0.4, 0.5) is 0 Å². The lowest BCUT2D eigenvalue weighted by Crippen LogP contribution is -1.93. The van der Waals surface area contributed by atoms with Crippen molar-refractivity contribution in [2.75, 3.05) is 0 Å². The number of aromatic nitrogens is 2. The summed E-state index contributed by atoms with van der Waals surface area (Å²) in [5.41, 5.74) is 0. The quantitative estimate of drug-likeness (QED) is 0.707. The molecule has 3 heteroatoms. The van der Waals surface area contributed by atoms with Crippen molar-refractivity contribution in [2.24, 2.45) is 0 Å². The van der Waals surface area contributed by atoms with Gasteiger partial charge in [0.1, 0.15) is 11.6 Å². The molecule has 0 aliphatic heterocycles. The lowest BCUT2D eigenvalue weighted by molar-refractivity contribution is -0.117. The van der Waals surface area contributed by atoms with E-state index in [0.29, 0.717) is 6.42 Å². The predicted molar refractivity (Wildman–Crippen MR) is 42.2 cm³/mol. The third-order valence-corrected chi connectivity index (χ3v) is 1.50. The number of aromatic amines is 1. The lowest BCUT2D eigenvalue weighted by atomic mass is 10.2. The van der Waals surface area contributed by atoms with E-state index in [2.05, 4.69) is 9.97 Å². The van der Waals surface area contributed by atoms with Gasteiger partial charge in [-0.15, -0.1) is 0 Å². The molecule has 0 saturated heterocycles. The second kappa shape index (κ2) is 3.91. The number of H-pyrrole nitrogens is 1. The van der Waals surface area contributed by atoms with Crippen LogP contribution in [0.25, 0.3) is 0 Å². The van der Waals surface area contributed by atoms with E-state index in [-0.39, 0.29) is 5.78 Å². The fourth-order valence-corrected chi connectivity index (χ4v) is 0.939. The molecule has 0 bridgehead atoms. The largest absolute Gasteiger partial charge is 0.349 e. The highest BCUT2D eigenvalue weighted by Crippen LogP contribution is 1.98. The van der Waals surface area contributed by atoms with Gasteiger partial charge >= 0.3 is 0 Å². The van der Waals surface area contributed by atoms with Gasteiger partial charge in [0.25, 0.3) is 0 Å². The summed E-state index contributed by atoms with van der Waals surface area (Å²) in [6.45, 7) is 1.61. The highest BCUT2D eigenvalue weighted by molar-refractivity contribution is 5.75. The minimum atomic E-state index is 0.247. The van der Waals surface area contributed by atoms with Gasteiger partial charge in [0.15, 0.2) is 0 Å². The van der Waals surface area contributed by atoms with E-state index in [1.807, 2.05) is 0 Å². The molecular formula is C8H12N2O. The molecule has 0 aliphatic carbocycles. The second-order valence-electron chi connectivity index (χ2n) is 2.59. The van der Waals surface area contributed by atoms with E-state index in [4.69, 9.17) is 0 Å². The standard InChI is InChI=1S/C8H12N2O/c1-7(11)3-2-4-8-9-5-6-10-8/h5-6H,2-4H2,1H3,(H,9,10). The number of hydrogen-bond donors (Lipinski definition) is 1. The minimum absolute atomic E-state index is 0.247. The van der Waals surface area contributed by atoms with E-state index in [1.165, 1.54) is 0 Å². The molecular weight excluding hydrogens is 140 g/mol. The summed E-state index contributed by atoms with van der Waals surface area (Å²) in [5, 5.41) is 0. The average Bonchev–Trinajstić information content (AvgIpc) is 2.39. The van der Waals surface area contributed by atoms with E-state index >= 15 is 0 Å². The number of Topliss-reactive ketones (excluding diaryl/α,β-unsaturated/α-hetero) is 1. The molecule has 1 aromatic heterocycles. The normalized spacial score (nSPS) is 9.91. The fourth-order valence-electron chi connectivity index (χ4n) is 0.939. The van der Waals surface area contributed by atoms with Crippen molar-refractivity contribution in [3.05, 3.63) is 18.2 Å². The Morgan fingerprint density at radius 3 is 3.09 bits per heavy atom. The van der Waals surface area contributed by atoms with Crippen molar-refractivity contribution in [3.63, 3.8) is 0 Å². The molecule has 3 nitrogen and oxygen atoms in total. The molecule has 11 heavy (non-hydrogen) atoms. The molecule has 0 amide bonds. The smallest absolute Gasteiger partial charge is 0.129 e.